The molecule has 0 aliphatic heterocycles. The highest BCUT2D eigenvalue weighted by Gasteiger charge is 2.31. The summed E-state index contributed by atoms with van der Waals surface area (Å²) >= 11 is 0. The van der Waals surface area contributed by atoms with E-state index in [2.05, 4.69) is 5.32 Å². The van der Waals surface area contributed by atoms with Gasteiger partial charge in [-0.2, -0.15) is 0 Å². The number of nitro groups is 1. The summed E-state index contributed by atoms with van der Waals surface area (Å²) in [6.45, 7) is 4.91. The Morgan fingerprint density at radius 1 is 1.21 bits per heavy atom. The molecule has 9 nitrogen and oxygen atoms in total. The van der Waals surface area contributed by atoms with E-state index in [4.69, 9.17) is 4.74 Å². The number of carbonyl (C=O) groups is 1. The summed E-state index contributed by atoms with van der Waals surface area (Å²) in [5.74, 6) is -0.338. The van der Waals surface area contributed by atoms with Crippen LogP contribution in [-0.2, 0) is 14.8 Å². The van der Waals surface area contributed by atoms with Crippen LogP contribution in [0.2, 0.25) is 0 Å². The molecule has 10 heteroatoms. The molecule has 0 fully saturated rings. The number of amides is 1. The molecule has 0 heterocycles. The molecule has 0 spiro atoms. The first-order valence-corrected chi connectivity index (χ1v) is 10.5. The number of hydrogen-bond acceptors (Lipinski definition) is 6. The largest absolute Gasteiger partial charge is 0.495 e. The van der Waals surface area contributed by atoms with E-state index < -0.39 is 26.9 Å². The van der Waals surface area contributed by atoms with E-state index in [1.807, 2.05) is 0 Å². The lowest BCUT2D eigenvalue weighted by Crippen LogP contribution is -2.45. The third-order valence-electron chi connectivity index (χ3n) is 4.35. The average molecular weight is 421 g/mol. The number of methoxy groups -OCH3 is 1. The van der Waals surface area contributed by atoms with Gasteiger partial charge in [-0.15, -0.1) is 0 Å². The van der Waals surface area contributed by atoms with Crippen LogP contribution in [0.3, 0.4) is 0 Å². The maximum Gasteiger partial charge on any atom is 0.271 e. The number of aryl methyl sites for hydroxylation is 2. The predicted octanol–water partition coefficient (Wildman–Crippen LogP) is 3.01. The molecule has 156 valence electrons. The third kappa shape index (κ3) is 5.02. The Morgan fingerprint density at radius 3 is 2.41 bits per heavy atom. The topological polar surface area (TPSA) is 119 Å². The van der Waals surface area contributed by atoms with E-state index in [0.29, 0.717) is 11.3 Å². The highest BCUT2D eigenvalue weighted by atomic mass is 32.2. The molecule has 0 aliphatic carbocycles. The van der Waals surface area contributed by atoms with Gasteiger partial charge in [-0.1, -0.05) is 12.1 Å². The second-order valence-corrected chi connectivity index (χ2v) is 8.52. The number of rotatable bonds is 7. The van der Waals surface area contributed by atoms with Gasteiger partial charge in [0.15, 0.2) is 0 Å². The molecule has 0 unspecified atom stereocenters. The Balaban J connectivity index is 2.45. The lowest BCUT2D eigenvalue weighted by molar-refractivity contribution is -0.384. The first-order valence-electron chi connectivity index (χ1n) is 8.65. The second kappa shape index (κ2) is 8.48. The Bertz CT molecular complexity index is 1050. The summed E-state index contributed by atoms with van der Waals surface area (Å²) in [6.07, 6.45) is 0.997. The van der Waals surface area contributed by atoms with Crippen molar-refractivity contribution in [3.63, 3.8) is 0 Å². The minimum atomic E-state index is -3.85. The minimum absolute atomic E-state index is 0.182. The van der Waals surface area contributed by atoms with Crippen LogP contribution >= 0.6 is 0 Å². The van der Waals surface area contributed by atoms with Gasteiger partial charge in [0.05, 0.1) is 29.7 Å². The van der Waals surface area contributed by atoms with E-state index in [0.717, 1.165) is 16.1 Å². The standard InChI is InChI=1S/C19H23N3O6S/c1-12-6-9-18(28-4)17(10-12)21(29(5,26)27)14(3)19(23)20-16-11-15(22(24)25)8-7-13(16)2/h6-11,14H,1-5H3,(H,20,23)/t14-/m0/s1. The summed E-state index contributed by atoms with van der Waals surface area (Å²) in [5.41, 5.74) is 1.68. The minimum Gasteiger partial charge on any atom is -0.495 e. The highest BCUT2D eigenvalue weighted by molar-refractivity contribution is 7.92. The molecule has 1 amide bonds. The Morgan fingerprint density at radius 2 is 1.86 bits per heavy atom. The van der Waals surface area contributed by atoms with E-state index >= 15 is 0 Å². The molecule has 0 aliphatic rings. The van der Waals surface area contributed by atoms with Gasteiger partial charge in [-0.25, -0.2) is 8.42 Å². The highest BCUT2D eigenvalue weighted by Crippen LogP contribution is 2.33. The van der Waals surface area contributed by atoms with Crippen molar-refractivity contribution in [1.29, 1.82) is 0 Å². The van der Waals surface area contributed by atoms with Gasteiger partial charge in [0.2, 0.25) is 15.9 Å². The molecular weight excluding hydrogens is 398 g/mol. The number of hydrogen-bond donors (Lipinski definition) is 1. The van der Waals surface area contributed by atoms with Gasteiger partial charge in [0, 0.05) is 12.1 Å². The lowest BCUT2D eigenvalue weighted by atomic mass is 10.1. The Hall–Kier alpha value is -3.14. The van der Waals surface area contributed by atoms with Crippen molar-refractivity contribution in [3.8, 4) is 5.75 Å². The van der Waals surface area contributed by atoms with Gasteiger partial charge in [0.25, 0.3) is 5.69 Å². The van der Waals surface area contributed by atoms with Crippen molar-refractivity contribution >= 4 is 33.0 Å². The number of benzene rings is 2. The SMILES string of the molecule is COc1ccc(C)cc1N([C@@H](C)C(=O)Nc1cc([N+](=O)[O-])ccc1C)S(C)(=O)=O. The first kappa shape index (κ1) is 22.2. The molecule has 2 aromatic carbocycles. The van der Waals surface area contributed by atoms with Crippen molar-refractivity contribution in [2.75, 3.05) is 23.0 Å². The van der Waals surface area contributed by atoms with E-state index in [-0.39, 0.29) is 17.1 Å². The van der Waals surface area contributed by atoms with E-state index in [1.54, 1.807) is 32.0 Å². The molecule has 0 saturated carbocycles. The summed E-state index contributed by atoms with van der Waals surface area (Å²) < 4.78 is 31.3. The summed E-state index contributed by atoms with van der Waals surface area (Å²) in [4.78, 5) is 23.3. The van der Waals surface area contributed by atoms with Gasteiger partial charge in [0.1, 0.15) is 11.8 Å². The van der Waals surface area contributed by atoms with Crippen LogP contribution in [-0.4, -0.2) is 38.7 Å². The smallest absolute Gasteiger partial charge is 0.271 e. The normalized spacial score (nSPS) is 12.2. The van der Waals surface area contributed by atoms with Crippen LogP contribution in [0.15, 0.2) is 36.4 Å². The number of nitrogens with one attached hydrogen (secondary N) is 1. The van der Waals surface area contributed by atoms with Crippen LogP contribution in [0.4, 0.5) is 17.1 Å². The third-order valence-corrected chi connectivity index (χ3v) is 5.58. The van der Waals surface area contributed by atoms with Crippen LogP contribution < -0.4 is 14.4 Å². The maximum atomic E-state index is 12.9. The van der Waals surface area contributed by atoms with Crippen LogP contribution in [0.5, 0.6) is 5.75 Å². The number of nitro benzene ring substituents is 1. The average Bonchev–Trinajstić information content (AvgIpc) is 2.62. The van der Waals surface area contributed by atoms with Crippen molar-refractivity contribution < 1.29 is 22.9 Å². The van der Waals surface area contributed by atoms with Crippen molar-refractivity contribution in [2.45, 2.75) is 26.8 Å². The van der Waals surface area contributed by atoms with Crippen molar-refractivity contribution in [1.82, 2.24) is 0 Å². The number of carbonyl (C=O) groups excluding carboxylic acids is 1. The first-order chi connectivity index (χ1) is 13.5. The second-order valence-electron chi connectivity index (χ2n) is 6.66. The zero-order valence-corrected chi connectivity index (χ0v) is 17.6. The molecule has 2 aromatic rings. The summed E-state index contributed by atoms with van der Waals surface area (Å²) in [5, 5.41) is 13.6. The molecular formula is C19H23N3O6S. The number of nitrogens with zero attached hydrogens (tertiary/aromatic N) is 2. The number of sulfonamides is 1. The maximum absolute atomic E-state index is 12.9. The Labute approximate surface area is 169 Å². The van der Waals surface area contributed by atoms with Gasteiger partial charge in [-0.05, 0) is 44.0 Å². The molecule has 29 heavy (non-hydrogen) atoms. The fourth-order valence-corrected chi connectivity index (χ4v) is 4.02. The van der Waals surface area contributed by atoms with Crippen LogP contribution in [0.1, 0.15) is 18.1 Å². The molecule has 0 saturated heterocycles. The molecule has 2 rings (SSSR count). The Kier molecular flexibility index (Phi) is 6.48. The molecule has 0 aromatic heterocycles. The summed E-state index contributed by atoms with van der Waals surface area (Å²) in [7, 11) is -2.44. The zero-order chi connectivity index (χ0) is 21.9. The summed E-state index contributed by atoms with van der Waals surface area (Å²) in [6, 6.07) is 7.93. The predicted molar refractivity (Wildman–Crippen MR) is 111 cm³/mol. The number of anilines is 2. The quantitative estimate of drug-likeness (QED) is 0.542. The zero-order valence-electron chi connectivity index (χ0n) is 16.8. The lowest BCUT2D eigenvalue weighted by Gasteiger charge is -2.29. The molecule has 1 atom stereocenters. The van der Waals surface area contributed by atoms with E-state index in [1.165, 1.54) is 32.2 Å². The van der Waals surface area contributed by atoms with E-state index in [9.17, 15) is 23.3 Å². The number of ether oxygens (including phenoxy) is 1. The van der Waals surface area contributed by atoms with Crippen molar-refractivity contribution in [3.05, 3.63) is 57.6 Å². The monoisotopic (exact) mass is 421 g/mol. The van der Waals surface area contributed by atoms with Crippen LogP contribution in [0.25, 0.3) is 0 Å². The van der Waals surface area contributed by atoms with Crippen molar-refractivity contribution in [2.24, 2.45) is 0 Å². The molecule has 0 radical (unpaired) electrons. The van der Waals surface area contributed by atoms with Gasteiger partial charge < -0.3 is 10.1 Å². The van der Waals surface area contributed by atoms with Gasteiger partial charge in [-0.3, -0.25) is 19.2 Å². The fraction of sp³-hybridized carbons (Fsp3) is 0.316. The van der Waals surface area contributed by atoms with Crippen LogP contribution in [0, 0.1) is 24.0 Å². The number of non-ortho nitro benzene ring substituents is 1. The molecule has 1 N–H and O–H groups in total. The fourth-order valence-electron chi connectivity index (χ4n) is 2.85. The molecule has 0 bridgehead atoms. The van der Waals surface area contributed by atoms with Gasteiger partial charge >= 0.3 is 0 Å².